The highest BCUT2D eigenvalue weighted by Gasteiger charge is 2.15. The van der Waals surface area contributed by atoms with Crippen molar-refractivity contribution in [2.75, 3.05) is 13.3 Å². The molecule has 110 valence electrons. The molecule has 0 saturated carbocycles. The maximum atomic E-state index is 12.2. The summed E-state index contributed by atoms with van der Waals surface area (Å²) in [6.45, 7) is 4.54. The van der Waals surface area contributed by atoms with E-state index < -0.39 is 0 Å². The number of carbonyl (C=O) groups is 1. The second-order valence-corrected chi connectivity index (χ2v) is 4.98. The fourth-order valence-corrected chi connectivity index (χ4v) is 2.07. The van der Waals surface area contributed by atoms with E-state index in [1.54, 1.807) is 11.0 Å². The lowest BCUT2D eigenvalue weighted by molar-refractivity contribution is -0.127. The first-order chi connectivity index (χ1) is 10.1. The molecular weight excluding hydrogens is 268 g/mol. The zero-order valence-electron chi connectivity index (χ0n) is 12.2. The molecule has 5 heteroatoms. The van der Waals surface area contributed by atoms with Gasteiger partial charge >= 0.3 is 0 Å². The van der Waals surface area contributed by atoms with Crippen molar-refractivity contribution < 1.29 is 14.3 Å². The van der Waals surface area contributed by atoms with Gasteiger partial charge in [-0.2, -0.15) is 5.26 Å². The van der Waals surface area contributed by atoms with Crippen LogP contribution in [0.3, 0.4) is 0 Å². The van der Waals surface area contributed by atoms with E-state index in [1.165, 1.54) is 6.08 Å². The molecule has 1 heterocycles. The number of ether oxygens (including phenoxy) is 2. The lowest BCUT2D eigenvalue weighted by Gasteiger charge is -2.24. The Bertz CT molecular complexity index is 588. The quantitative estimate of drug-likeness (QED) is 0.780. The fraction of sp³-hybridized carbons (Fsp3) is 0.375. The van der Waals surface area contributed by atoms with Gasteiger partial charge in [-0.1, -0.05) is 6.07 Å². The van der Waals surface area contributed by atoms with Gasteiger partial charge in [0.15, 0.2) is 11.5 Å². The SMILES string of the molecule is CC(C)N(CCC#N)C(=O)C=Cc1ccc2c(c1)OCO2. The van der Waals surface area contributed by atoms with Gasteiger partial charge in [-0.25, -0.2) is 0 Å². The van der Waals surface area contributed by atoms with Crippen LogP contribution in [0.5, 0.6) is 11.5 Å². The largest absolute Gasteiger partial charge is 0.454 e. The Morgan fingerprint density at radius 3 is 2.90 bits per heavy atom. The van der Waals surface area contributed by atoms with Crippen LogP contribution in [-0.4, -0.2) is 30.2 Å². The number of hydrogen-bond donors (Lipinski definition) is 0. The molecule has 0 spiro atoms. The van der Waals surface area contributed by atoms with Gasteiger partial charge < -0.3 is 14.4 Å². The van der Waals surface area contributed by atoms with Crippen LogP contribution in [0.1, 0.15) is 25.8 Å². The molecule has 1 aliphatic rings. The fourth-order valence-electron chi connectivity index (χ4n) is 2.07. The normalized spacial score (nSPS) is 12.7. The van der Waals surface area contributed by atoms with Crippen LogP contribution >= 0.6 is 0 Å². The van der Waals surface area contributed by atoms with E-state index >= 15 is 0 Å². The van der Waals surface area contributed by atoms with Crippen LogP contribution in [0, 0.1) is 11.3 Å². The van der Waals surface area contributed by atoms with Crippen LogP contribution in [0.2, 0.25) is 0 Å². The monoisotopic (exact) mass is 286 g/mol. The molecule has 21 heavy (non-hydrogen) atoms. The predicted molar refractivity (Wildman–Crippen MR) is 78.7 cm³/mol. The van der Waals surface area contributed by atoms with E-state index in [1.807, 2.05) is 32.0 Å². The highest BCUT2D eigenvalue weighted by molar-refractivity contribution is 5.92. The Hall–Kier alpha value is -2.48. The Labute approximate surface area is 124 Å². The molecule has 0 saturated heterocycles. The topological polar surface area (TPSA) is 62.6 Å². The van der Waals surface area contributed by atoms with Crippen molar-refractivity contribution in [2.24, 2.45) is 0 Å². The van der Waals surface area contributed by atoms with Gasteiger partial charge in [-0.05, 0) is 37.6 Å². The second-order valence-electron chi connectivity index (χ2n) is 4.98. The molecule has 0 atom stereocenters. The van der Waals surface area contributed by atoms with Crippen LogP contribution in [0.15, 0.2) is 24.3 Å². The number of nitriles is 1. The first-order valence-corrected chi connectivity index (χ1v) is 6.87. The summed E-state index contributed by atoms with van der Waals surface area (Å²) in [5, 5.41) is 8.64. The molecule has 0 fully saturated rings. The van der Waals surface area contributed by atoms with Crippen molar-refractivity contribution in [1.82, 2.24) is 4.90 Å². The van der Waals surface area contributed by atoms with Gasteiger partial charge in [0, 0.05) is 18.7 Å². The van der Waals surface area contributed by atoms with E-state index in [0.29, 0.717) is 18.7 Å². The summed E-state index contributed by atoms with van der Waals surface area (Å²) in [6.07, 6.45) is 3.60. The summed E-state index contributed by atoms with van der Waals surface area (Å²) in [7, 11) is 0. The summed E-state index contributed by atoms with van der Waals surface area (Å²) < 4.78 is 10.5. The number of rotatable bonds is 5. The van der Waals surface area contributed by atoms with E-state index in [2.05, 4.69) is 6.07 Å². The minimum absolute atomic E-state index is 0.0623. The Kier molecular flexibility index (Phi) is 4.83. The van der Waals surface area contributed by atoms with Gasteiger partial charge in [0.2, 0.25) is 12.7 Å². The van der Waals surface area contributed by atoms with Crippen LogP contribution < -0.4 is 9.47 Å². The van der Waals surface area contributed by atoms with E-state index in [-0.39, 0.29) is 18.7 Å². The molecular formula is C16H18N2O3. The van der Waals surface area contributed by atoms with Crippen molar-refractivity contribution in [3.63, 3.8) is 0 Å². The van der Waals surface area contributed by atoms with Gasteiger partial charge in [0.1, 0.15) is 0 Å². The summed E-state index contributed by atoms with van der Waals surface area (Å²) in [5.74, 6) is 1.31. The zero-order valence-corrected chi connectivity index (χ0v) is 12.2. The van der Waals surface area contributed by atoms with Gasteiger partial charge in [0.25, 0.3) is 0 Å². The lowest BCUT2D eigenvalue weighted by atomic mass is 10.2. The Morgan fingerprint density at radius 1 is 1.43 bits per heavy atom. The van der Waals surface area contributed by atoms with Crippen LogP contribution in [0.4, 0.5) is 0 Å². The van der Waals surface area contributed by atoms with Crippen molar-refractivity contribution in [1.29, 1.82) is 5.26 Å². The first-order valence-electron chi connectivity index (χ1n) is 6.87. The van der Waals surface area contributed by atoms with E-state index in [0.717, 1.165) is 11.3 Å². The Balaban J connectivity index is 2.05. The summed E-state index contributed by atoms with van der Waals surface area (Å²) in [5.41, 5.74) is 0.872. The summed E-state index contributed by atoms with van der Waals surface area (Å²) in [6, 6.07) is 7.65. The molecule has 0 unspecified atom stereocenters. The third kappa shape index (κ3) is 3.76. The summed E-state index contributed by atoms with van der Waals surface area (Å²) in [4.78, 5) is 13.8. The number of benzene rings is 1. The maximum absolute atomic E-state index is 12.2. The molecule has 0 aliphatic carbocycles. The van der Waals surface area contributed by atoms with Crippen LogP contribution in [0.25, 0.3) is 6.08 Å². The lowest BCUT2D eigenvalue weighted by Crippen LogP contribution is -2.36. The molecule has 0 N–H and O–H groups in total. The number of fused-ring (bicyclic) bond motifs is 1. The summed E-state index contributed by atoms with van der Waals surface area (Å²) >= 11 is 0. The average molecular weight is 286 g/mol. The third-order valence-electron chi connectivity index (χ3n) is 3.19. The highest BCUT2D eigenvalue weighted by atomic mass is 16.7. The standard InChI is InChI=1S/C16H18N2O3/c1-12(2)18(9-3-8-17)16(19)7-5-13-4-6-14-15(10-13)21-11-20-14/h4-7,10,12H,3,9,11H2,1-2H3. The number of hydrogen-bond acceptors (Lipinski definition) is 4. The minimum atomic E-state index is -0.0992. The van der Waals surface area contributed by atoms with Crippen molar-refractivity contribution in [2.45, 2.75) is 26.3 Å². The molecule has 0 aromatic heterocycles. The van der Waals surface area contributed by atoms with Gasteiger partial charge in [-0.15, -0.1) is 0 Å². The number of nitrogens with zero attached hydrogens (tertiary/aromatic N) is 2. The molecule has 1 aromatic carbocycles. The highest BCUT2D eigenvalue weighted by Crippen LogP contribution is 2.32. The molecule has 2 rings (SSSR count). The predicted octanol–water partition coefficient (Wildman–Crippen LogP) is 2.58. The van der Waals surface area contributed by atoms with E-state index in [4.69, 9.17) is 14.7 Å². The van der Waals surface area contributed by atoms with Crippen molar-refractivity contribution >= 4 is 12.0 Å². The molecule has 1 aliphatic heterocycles. The van der Waals surface area contributed by atoms with Crippen molar-refractivity contribution in [3.8, 4) is 17.6 Å². The zero-order chi connectivity index (χ0) is 15.2. The van der Waals surface area contributed by atoms with Crippen molar-refractivity contribution in [3.05, 3.63) is 29.8 Å². The number of carbonyl (C=O) groups excluding carboxylic acids is 1. The molecule has 5 nitrogen and oxygen atoms in total. The molecule has 1 aromatic rings. The second kappa shape index (κ2) is 6.80. The average Bonchev–Trinajstić information content (AvgIpc) is 2.92. The maximum Gasteiger partial charge on any atom is 0.246 e. The molecule has 0 radical (unpaired) electrons. The molecule has 1 amide bonds. The first kappa shape index (κ1) is 14.9. The smallest absolute Gasteiger partial charge is 0.246 e. The minimum Gasteiger partial charge on any atom is -0.454 e. The third-order valence-corrected chi connectivity index (χ3v) is 3.19. The van der Waals surface area contributed by atoms with Gasteiger partial charge in [-0.3, -0.25) is 4.79 Å². The van der Waals surface area contributed by atoms with Gasteiger partial charge in [0.05, 0.1) is 12.5 Å². The van der Waals surface area contributed by atoms with E-state index in [9.17, 15) is 4.79 Å². The number of amides is 1. The molecule has 0 bridgehead atoms. The van der Waals surface area contributed by atoms with Crippen LogP contribution in [-0.2, 0) is 4.79 Å². The Morgan fingerprint density at radius 2 is 2.19 bits per heavy atom.